The molecule has 0 radical (unpaired) electrons. The van der Waals surface area contributed by atoms with Gasteiger partial charge in [-0.2, -0.15) is 0 Å². The minimum Gasteiger partial charge on any atom is -0.317 e. The Morgan fingerprint density at radius 2 is 2.00 bits per heavy atom. The summed E-state index contributed by atoms with van der Waals surface area (Å²) in [5.74, 6) is 0.862. The van der Waals surface area contributed by atoms with Gasteiger partial charge < -0.3 is 5.32 Å². The minimum atomic E-state index is -2.82. The van der Waals surface area contributed by atoms with E-state index in [0.29, 0.717) is 28.0 Å². The van der Waals surface area contributed by atoms with E-state index in [1.807, 2.05) is 25.2 Å². The molecule has 3 nitrogen and oxygen atoms in total. The van der Waals surface area contributed by atoms with Gasteiger partial charge in [-0.25, -0.2) is 8.42 Å². The van der Waals surface area contributed by atoms with E-state index in [9.17, 15) is 8.42 Å². The molecule has 1 N–H and O–H groups in total. The standard InChI is InChI=1S/C14H19Cl2NO2S/c1-17-11(7-10-5-6-20(18,19)9-10)8-12-13(15)3-2-4-14(12)16/h2-4,10-11,17H,5-9H2,1H3. The summed E-state index contributed by atoms with van der Waals surface area (Å²) in [5.41, 5.74) is 0.927. The molecule has 0 saturated carbocycles. The van der Waals surface area contributed by atoms with Crippen molar-refractivity contribution in [3.63, 3.8) is 0 Å². The predicted octanol–water partition coefficient (Wildman–Crippen LogP) is 2.95. The highest BCUT2D eigenvalue weighted by Gasteiger charge is 2.29. The first-order valence-electron chi connectivity index (χ1n) is 6.72. The maximum absolute atomic E-state index is 11.5. The molecule has 0 aromatic heterocycles. The lowest BCUT2D eigenvalue weighted by atomic mass is 9.94. The van der Waals surface area contributed by atoms with E-state index in [1.165, 1.54) is 0 Å². The van der Waals surface area contributed by atoms with Crippen molar-refractivity contribution in [2.24, 2.45) is 5.92 Å². The highest BCUT2D eigenvalue weighted by Crippen LogP contribution is 2.28. The molecule has 2 unspecified atom stereocenters. The number of likely N-dealkylation sites (N-methyl/N-ethyl adjacent to an activating group) is 1. The van der Waals surface area contributed by atoms with Crippen molar-refractivity contribution >= 4 is 33.0 Å². The summed E-state index contributed by atoms with van der Waals surface area (Å²) >= 11 is 12.4. The summed E-state index contributed by atoms with van der Waals surface area (Å²) in [7, 11) is -0.931. The van der Waals surface area contributed by atoms with Crippen LogP contribution in [-0.2, 0) is 16.3 Å². The van der Waals surface area contributed by atoms with Gasteiger partial charge in [0.1, 0.15) is 0 Å². The van der Waals surface area contributed by atoms with Crippen molar-refractivity contribution in [2.75, 3.05) is 18.6 Å². The van der Waals surface area contributed by atoms with Crippen LogP contribution in [0.5, 0.6) is 0 Å². The SMILES string of the molecule is CNC(Cc1c(Cl)cccc1Cl)CC1CCS(=O)(=O)C1. The first-order chi connectivity index (χ1) is 9.41. The predicted molar refractivity (Wildman–Crippen MR) is 84.4 cm³/mol. The van der Waals surface area contributed by atoms with Gasteiger partial charge in [-0.05, 0) is 49.9 Å². The van der Waals surface area contributed by atoms with Crippen molar-refractivity contribution < 1.29 is 8.42 Å². The number of rotatable bonds is 5. The molecule has 2 atom stereocenters. The van der Waals surface area contributed by atoms with Crippen LogP contribution in [0, 0.1) is 5.92 Å². The third-order valence-electron chi connectivity index (χ3n) is 3.87. The molecule has 0 bridgehead atoms. The Balaban J connectivity index is 2.03. The Bertz CT molecular complexity index is 554. The monoisotopic (exact) mass is 335 g/mol. The number of hydrogen-bond donors (Lipinski definition) is 1. The van der Waals surface area contributed by atoms with Gasteiger partial charge >= 0.3 is 0 Å². The van der Waals surface area contributed by atoms with Gasteiger partial charge in [0.25, 0.3) is 0 Å². The smallest absolute Gasteiger partial charge is 0.150 e. The summed E-state index contributed by atoms with van der Waals surface area (Å²) in [6.45, 7) is 0. The maximum Gasteiger partial charge on any atom is 0.150 e. The fourth-order valence-electron chi connectivity index (χ4n) is 2.74. The van der Waals surface area contributed by atoms with Gasteiger partial charge in [0.15, 0.2) is 9.84 Å². The molecule has 20 heavy (non-hydrogen) atoms. The van der Waals surface area contributed by atoms with Crippen LogP contribution in [0.25, 0.3) is 0 Å². The van der Waals surface area contributed by atoms with Crippen LogP contribution in [0.1, 0.15) is 18.4 Å². The Morgan fingerprint density at radius 3 is 2.50 bits per heavy atom. The Hall–Kier alpha value is -0.290. The second kappa shape index (κ2) is 6.65. The van der Waals surface area contributed by atoms with Gasteiger partial charge in [-0.15, -0.1) is 0 Å². The van der Waals surface area contributed by atoms with Gasteiger partial charge in [-0.3, -0.25) is 0 Å². The summed E-state index contributed by atoms with van der Waals surface area (Å²) in [6, 6.07) is 5.67. The van der Waals surface area contributed by atoms with Crippen LogP contribution >= 0.6 is 23.2 Å². The van der Waals surface area contributed by atoms with Gasteiger partial charge in [0.05, 0.1) is 11.5 Å². The van der Waals surface area contributed by atoms with Crippen LogP contribution in [-0.4, -0.2) is 33.0 Å². The van der Waals surface area contributed by atoms with Crippen LogP contribution in [0.2, 0.25) is 10.0 Å². The van der Waals surface area contributed by atoms with Gasteiger partial charge in [-0.1, -0.05) is 29.3 Å². The summed E-state index contributed by atoms with van der Waals surface area (Å²) in [5, 5.41) is 4.57. The lowest BCUT2D eigenvalue weighted by molar-refractivity contribution is 0.424. The van der Waals surface area contributed by atoms with E-state index in [4.69, 9.17) is 23.2 Å². The number of hydrogen-bond acceptors (Lipinski definition) is 3. The molecule has 1 heterocycles. The van der Waals surface area contributed by atoms with Crippen molar-refractivity contribution in [1.82, 2.24) is 5.32 Å². The molecule has 1 aliphatic rings. The van der Waals surface area contributed by atoms with Crippen molar-refractivity contribution in [3.05, 3.63) is 33.8 Å². The molecule has 2 rings (SSSR count). The number of nitrogens with one attached hydrogen (secondary N) is 1. The fourth-order valence-corrected chi connectivity index (χ4v) is 5.17. The normalized spacial score (nSPS) is 22.9. The molecular formula is C14H19Cl2NO2S. The zero-order chi connectivity index (χ0) is 14.8. The zero-order valence-electron chi connectivity index (χ0n) is 11.4. The quantitative estimate of drug-likeness (QED) is 0.899. The number of sulfone groups is 1. The molecule has 1 fully saturated rings. The first-order valence-corrected chi connectivity index (χ1v) is 9.29. The summed E-state index contributed by atoms with van der Waals surface area (Å²) in [6.07, 6.45) is 2.31. The fraction of sp³-hybridized carbons (Fsp3) is 0.571. The largest absolute Gasteiger partial charge is 0.317 e. The van der Waals surface area contributed by atoms with Crippen LogP contribution in [0.15, 0.2) is 18.2 Å². The summed E-state index contributed by atoms with van der Waals surface area (Å²) < 4.78 is 23.0. The van der Waals surface area contributed by atoms with Gasteiger partial charge in [0.2, 0.25) is 0 Å². The third-order valence-corrected chi connectivity index (χ3v) is 6.41. The average Bonchev–Trinajstić information content (AvgIpc) is 2.72. The second-order valence-corrected chi connectivity index (χ2v) is 8.44. The van der Waals surface area contributed by atoms with E-state index in [0.717, 1.165) is 18.4 Å². The molecule has 6 heteroatoms. The van der Waals surface area contributed by atoms with E-state index in [2.05, 4.69) is 5.32 Å². The molecule has 1 aliphatic heterocycles. The molecule has 0 aliphatic carbocycles. The Morgan fingerprint density at radius 1 is 1.35 bits per heavy atom. The average molecular weight is 336 g/mol. The van der Waals surface area contributed by atoms with Gasteiger partial charge in [0, 0.05) is 16.1 Å². The Labute approximate surface area is 130 Å². The third kappa shape index (κ3) is 4.10. The van der Waals surface area contributed by atoms with Crippen LogP contribution in [0.4, 0.5) is 0 Å². The van der Waals surface area contributed by atoms with Crippen molar-refractivity contribution in [3.8, 4) is 0 Å². The lowest BCUT2D eigenvalue weighted by Gasteiger charge is -2.20. The lowest BCUT2D eigenvalue weighted by Crippen LogP contribution is -2.30. The van der Waals surface area contributed by atoms with Crippen LogP contribution in [0.3, 0.4) is 0 Å². The summed E-state index contributed by atoms with van der Waals surface area (Å²) in [4.78, 5) is 0. The van der Waals surface area contributed by atoms with Crippen molar-refractivity contribution in [1.29, 1.82) is 0 Å². The van der Waals surface area contributed by atoms with Crippen molar-refractivity contribution in [2.45, 2.75) is 25.3 Å². The topological polar surface area (TPSA) is 46.2 Å². The number of benzene rings is 1. The molecular weight excluding hydrogens is 317 g/mol. The molecule has 0 spiro atoms. The first kappa shape index (κ1) is 16.1. The molecule has 1 saturated heterocycles. The highest BCUT2D eigenvalue weighted by molar-refractivity contribution is 7.91. The van der Waals surface area contributed by atoms with E-state index in [-0.39, 0.29) is 12.0 Å². The molecule has 1 aromatic rings. The minimum absolute atomic E-state index is 0.186. The Kier molecular flexibility index (Phi) is 5.35. The zero-order valence-corrected chi connectivity index (χ0v) is 13.7. The molecule has 0 amide bonds. The van der Waals surface area contributed by atoms with Crippen LogP contribution < -0.4 is 5.32 Å². The maximum atomic E-state index is 11.5. The molecule has 112 valence electrons. The highest BCUT2D eigenvalue weighted by atomic mass is 35.5. The second-order valence-electron chi connectivity index (χ2n) is 5.39. The number of halogens is 2. The molecule has 1 aromatic carbocycles. The van der Waals surface area contributed by atoms with E-state index >= 15 is 0 Å². The van der Waals surface area contributed by atoms with E-state index < -0.39 is 9.84 Å². The van der Waals surface area contributed by atoms with E-state index in [1.54, 1.807) is 0 Å².